The third kappa shape index (κ3) is 3.22. The van der Waals surface area contributed by atoms with Crippen LogP contribution < -0.4 is 14.3 Å². The topological polar surface area (TPSA) is 61.4 Å². The van der Waals surface area contributed by atoms with Gasteiger partial charge in [0, 0.05) is 31.9 Å². The summed E-state index contributed by atoms with van der Waals surface area (Å²) in [7, 11) is -3.33. The van der Waals surface area contributed by atoms with Gasteiger partial charge in [-0.15, -0.1) is 0 Å². The van der Waals surface area contributed by atoms with E-state index in [0.29, 0.717) is 19.6 Å². The standard InChI is InChI=1S/C12H19N3O2S/c1-2-13-18(16,17)14-8-10-15-9-7-11-5-3-4-6-12(11)15/h3-6,13-14H,2,7-10H2,1H3. The van der Waals surface area contributed by atoms with Gasteiger partial charge in [0.25, 0.3) is 10.2 Å². The Balaban J connectivity index is 1.86. The molecule has 0 saturated heterocycles. The molecule has 1 aliphatic rings. The van der Waals surface area contributed by atoms with Gasteiger partial charge in [-0.1, -0.05) is 25.1 Å². The molecule has 0 aliphatic carbocycles. The molecule has 0 fully saturated rings. The third-order valence-electron chi connectivity index (χ3n) is 2.99. The maximum atomic E-state index is 11.4. The molecule has 1 aromatic carbocycles. The molecule has 0 atom stereocenters. The van der Waals surface area contributed by atoms with Gasteiger partial charge >= 0.3 is 0 Å². The molecular weight excluding hydrogens is 250 g/mol. The van der Waals surface area contributed by atoms with Crippen molar-refractivity contribution in [2.24, 2.45) is 0 Å². The fraction of sp³-hybridized carbons (Fsp3) is 0.500. The number of hydrogen-bond donors (Lipinski definition) is 2. The SMILES string of the molecule is CCNS(=O)(=O)NCCN1CCc2ccccc21. The second kappa shape index (κ2) is 5.69. The summed E-state index contributed by atoms with van der Waals surface area (Å²) in [5.41, 5.74) is 2.56. The summed E-state index contributed by atoms with van der Waals surface area (Å²) >= 11 is 0. The average Bonchev–Trinajstić information content (AvgIpc) is 2.73. The number of nitrogens with zero attached hydrogens (tertiary/aromatic N) is 1. The monoisotopic (exact) mass is 269 g/mol. The number of para-hydroxylation sites is 1. The second-order valence-electron chi connectivity index (χ2n) is 4.26. The minimum atomic E-state index is -3.33. The molecule has 0 spiro atoms. The highest BCUT2D eigenvalue weighted by Gasteiger charge is 2.18. The highest BCUT2D eigenvalue weighted by molar-refractivity contribution is 7.87. The maximum absolute atomic E-state index is 11.4. The molecule has 5 nitrogen and oxygen atoms in total. The zero-order chi connectivity index (χ0) is 13.0. The lowest BCUT2D eigenvalue weighted by Crippen LogP contribution is -2.40. The van der Waals surface area contributed by atoms with Crippen LogP contribution in [-0.2, 0) is 16.6 Å². The first-order chi connectivity index (χ1) is 8.62. The molecule has 2 N–H and O–H groups in total. The highest BCUT2D eigenvalue weighted by Crippen LogP contribution is 2.26. The van der Waals surface area contributed by atoms with Crippen LogP contribution in [0.15, 0.2) is 24.3 Å². The first-order valence-electron chi connectivity index (χ1n) is 6.19. The van der Waals surface area contributed by atoms with Crippen molar-refractivity contribution in [3.8, 4) is 0 Å². The number of nitrogens with one attached hydrogen (secondary N) is 2. The molecule has 0 saturated carbocycles. The summed E-state index contributed by atoms with van der Waals surface area (Å²) in [4.78, 5) is 2.21. The van der Waals surface area contributed by atoms with Crippen molar-refractivity contribution in [3.05, 3.63) is 29.8 Å². The third-order valence-corrected chi connectivity index (χ3v) is 4.24. The smallest absolute Gasteiger partial charge is 0.276 e. The highest BCUT2D eigenvalue weighted by atomic mass is 32.2. The minimum absolute atomic E-state index is 0.405. The van der Waals surface area contributed by atoms with E-state index in [0.717, 1.165) is 13.0 Å². The average molecular weight is 269 g/mol. The van der Waals surface area contributed by atoms with Crippen molar-refractivity contribution < 1.29 is 8.42 Å². The van der Waals surface area contributed by atoms with E-state index < -0.39 is 10.2 Å². The predicted molar refractivity (Wildman–Crippen MR) is 73.0 cm³/mol. The quantitative estimate of drug-likeness (QED) is 0.790. The van der Waals surface area contributed by atoms with Gasteiger partial charge in [0.2, 0.25) is 0 Å². The van der Waals surface area contributed by atoms with Crippen molar-refractivity contribution in [3.63, 3.8) is 0 Å². The molecule has 18 heavy (non-hydrogen) atoms. The van der Waals surface area contributed by atoms with Crippen LogP contribution in [0.2, 0.25) is 0 Å². The van der Waals surface area contributed by atoms with E-state index >= 15 is 0 Å². The maximum Gasteiger partial charge on any atom is 0.276 e. The van der Waals surface area contributed by atoms with Crippen LogP contribution in [0.4, 0.5) is 5.69 Å². The fourth-order valence-electron chi connectivity index (χ4n) is 2.19. The second-order valence-corrected chi connectivity index (χ2v) is 5.85. The fourth-order valence-corrected chi connectivity index (χ4v) is 3.04. The largest absolute Gasteiger partial charge is 0.370 e. The normalized spacial score (nSPS) is 14.8. The van der Waals surface area contributed by atoms with Gasteiger partial charge in [-0.25, -0.2) is 9.44 Å². The van der Waals surface area contributed by atoms with E-state index in [4.69, 9.17) is 0 Å². The molecule has 1 aromatic rings. The van der Waals surface area contributed by atoms with Crippen LogP contribution in [0.1, 0.15) is 12.5 Å². The Labute approximate surface area is 108 Å². The van der Waals surface area contributed by atoms with Crippen LogP contribution in [0, 0.1) is 0 Å². The molecule has 100 valence electrons. The van der Waals surface area contributed by atoms with E-state index in [2.05, 4.69) is 26.5 Å². The van der Waals surface area contributed by atoms with Crippen molar-refractivity contribution in [2.75, 3.05) is 31.1 Å². The summed E-state index contributed by atoms with van der Waals surface area (Å²) in [6, 6.07) is 8.26. The molecule has 1 heterocycles. The molecular formula is C12H19N3O2S. The molecule has 2 rings (SSSR count). The Kier molecular flexibility index (Phi) is 4.21. The van der Waals surface area contributed by atoms with Gasteiger partial charge in [0.1, 0.15) is 0 Å². The van der Waals surface area contributed by atoms with Crippen LogP contribution in [0.3, 0.4) is 0 Å². The Morgan fingerprint density at radius 3 is 2.83 bits per heavy atom. The van der Waals surface area contributed by atoms with Crippen molar-refractivity contribution in [1.29, 1.82) is 0 Å². The van der Waals surface area contributed by atoms with E-state index in [1.54, 1.807) is 6.92 Å². The predicted octanol–water partition coefficient (Wildman–Crippen LogP) is 0.493. The summed E-state index contributed by atoms with van der Waals surface area (Å²) in [5, 5.41) is 0. The molecule has 0 amide bonds. The zero-order valence-electron chi connectivity index (χ0n) is 10.5. The number of hydrogen-bond acceptors (Lipinski definition) is 3. The molecule has 0 bridgehead atoms. The van der Waals surface area contributed by atoms with Crippen molar-refractivity contribution >= 4 is 15.9 Å². The zero-order valence-corrected chi connectivity index (χ0v) is 11.3. The van der Waals surface area contributed by atoms with Crippen LogP contribution in [0.5, 0.6) is 0 Å². The number of anilines is 1. The molecule has 6 heteroatoms. The van der Waals surface area contributed by atoms with Crippen LogP contribution in [-0.4, -0.2) is 34.6 Å². The molecule has 0 aromatic heterocycles. The lowest BCUT2D eigenvalue weighted by Gasteiger charge is -2.19. The molecule has 0 radical (unpaired) electrons. The Hall–Kier alpha value is -1.11. The van der Waals surface area contributed by atoms with E-state index in [1.165, 1.54) is 11.3 Å². The van der Waals surface area contributed by atoms with Gasteiger partial charge in [-0.3, -0.25) is 0 Å². The summed E-state index contributed by atoms with van der Waals surface area (Å²) in [5.74, 6) is 0. The van der Waals surface area contributed by atoms with Crippen LogP contribution >= 0.6 is 0 Å². The first-order valence-corrected chi connectivity index (χ1v) is 7.68. The lowest BCUT2D eigenvalue weighted by molar-refractivity contribution is 0.568. The Bertz CT molecular complexity index is 502. The van der Waals surface area contributed by atoms with Gasteiger partial charge in [0.15, 0.2) is 0 Å². The van der Waals surface area contributed by atoms with Crippen molar-refractivity contribution in [1.82, 2.24) is 9.44 Å². The minimum Gasteiger partial charge on any atom is -0.370 e. The van der Waals surface area contributed by atoms with E-state index in [9.17, 15) is 8.42 Å². The van der Waals surface area contributed by atoms with E-state index in [1.807, 2.05) is 12.1 Å². The van der Waals surface area contributed by atoms with Gasteiger partial charge in [0.05, 0.1) is 0 Å². The summed E-state index contributed by atoms with van der Waals surface area (Å²) in [6.45, 7) is 4.24. The summed E-state index contributed by atoms with van der Waals surface area (Å²) < 4.78 is 27.8. The summed E-state index contributed by atoms with van der Waals surface area (Å²) in [6.07, 6.45) is 1.04. The number of rotatable bonds is 6. The number of benzene rings is 1. The molecule has 0 unspecified atom stereocenters. The van der Waals surface area contributed by atoms with E-state index in [-0.39, 0.29) is 0 Å². The van der Waals surface area contributed by atoms with Gasteiger partial charge in [-0.2, -0.15) is 8.42 Å². The van der Waals surface area contributed by atoms with Gasteiger partial charge < -0.3 is 4.90 Å². The van der Waals surface area contributed by atoms with Crippen molar-refractivity contribution in [2.45, 2.75) is 13.3 Å². The first kappa shape index (κ1) is 13.3. The Morgan fingerprint density at radius 2 is 2.06 bits per heavy atom. The molecule has 1 aliphatic heterocycles. The van der Waals surface area contributed by atoms with Crippen LogP contribution in [0.25, 0.3) is 0 Å². The lowest BCUT2D eigenvalue weighted by atomic mass is 10.2. The number of fused-ring (bicyclic) bond motifs is 1. The van der Waals surface area contributed by atoms with Gasteiger partial charge in [-0.05, 0) is 18.1 Å². The Morgan fingerprint density at radius 1 is 1.28 bits per heavy atom.